The summed E-state index contributed by atoms with van der Waals surface area (Å²) in [6.07, 6.45) is 7.40. The van der Waals surface area contributed by atoms with E-state index < -0.39 is 8.07 Å². The van der Waals surface area contributed by atoms with Crippen molar-refractivity contribution in [3.8, 4) is 0 Å². The highest BCUT2D eigenvalue weighted by molar-refractivity contribution is 6.76. The molecule has 0 saturated carbocycles. The molecule has 0 aliphatic carbocycles. The zero-order valence-corrected chi connectivity index (χ0v) is 11.7. The topological polar surface area (TPSA) is 44.1 Å². The maximum absolute atomic E-state index is 10.1. The Hall–Kier alpha value is -1.20. The summed E-state index contributed by atoms with van der Waals surface area (Å²) in [7, 11) is -1.01. The molecular weight excluding hydrogens is 232 g/mol. The van der Waals surface area contributed by atoms with Crippen LogP contribution in [0.2, 0.25) is 25.7 Å². The molecule has 0 aliphatic rings. The third-order valence-corrected chi connectivity index (χ3v) is 3.94. The lowest BCUT2D eigenvalue weighted by Gasteiger charge is -2.15. The molecule has 1 aromatic heterocycles. The van der Waals surface area contributed by atoms with Gasteiger partial charge in [0.05, 0.1) is 12.0 Å². The third kappa shape index (κ3) is 6.18. The first kappa shape index (κ1) is 13.9. The van der Waals surface area contributed by atoms with Crippen molar-refractivity contribution < 1.29 is 9.53 Å². The van der Waals surface area contributed by atoms with Crippen molar-refractivity contribution >= 4 is 20.4 Å². The molecule has 1 rings (SSSR count). The number of aromatic nitrogens is 2. The molecule has 0 aromatic carbocycles. The van der Waals surface area contributed by atoms with E-state index in [0.29, 0.717) is 6.73 Å². The Morgan fingerprint density at radius 1 is 1.47 bits per heavy atom. The van der Waals surface area contributed by atoms with Crippen LogP contribution in [0, 0.1) is 0 Å². The number of hydrogen-bond donors (Lipinski definition) is 0. The monoisotopic (exact) mass is 252 g/mol. The number of rotatable bonds is 7. The van der Waals surface area contributed by atoms with Crippen molar-refractivity contribution in [1.29, 1.82) is 0 Å². The fraction of sp³-hybridized carbons (Fsp3) is 0.500. The van der Waals surface area contributed by atoms with Gasteiger partial charge in [0.15, 0.2) is 0 Å². The van der Waals surface area contributed by atoms with Crippen LogP contribution in [-0.4, -0.2) is 30.5 Å². The molecule has 0 saturated heterocycles. The van der Waals surface area contributed by atoms with Crippen LogP contribution in [0.5, 0.6) is 0 Å². The summed E-state index contributed by atoms with van der Waals surface area (Å²) >= 11 is 0. The van der Waals surface area contributed by atoms with Crippen LogP contribution < -0.4 is 0 Å². The molecule has 1 aromatic rings. The van der Waals surface area contributed by atoms with Crippen molar-refractivity contribution in [3.05, 3.63) is 24.3 Å². The van der Waals surface area contributed by atoms with Gasteiger partial charge in [0.1, 0.15) is 13.0 Å². The molecule has 0 aliphatic heterocycles. The van der Waals surface area contributed by atoms with Gasteiger partial charge in [-0.05, 0) is 18.2 Å². The molecule has 0 radical (unpaired) electrons. The summed E-state index contributed by atoms with van der Waals surface area (Å²) < 4.78 is 7.45. The Labute approximate surface area is 103 Å². The van der Waals surface area contributed by atoms with E-state index in [4.69, 9.17) is 4.74 Å². The first-order valence-electron chi connectivity index (χ1n) is 5.73. The number of hydrogen-bond acceptors (Lipinski definition) is 3. The second-order valence-electron chi connectivity index (χ2n) is 5.16. The van der Waals surface area contributed by atoms with Crippen LogP contribution in [0.1, 0.15) is 5.69 Å². The zero-order chi connectivity index (χ0) is 12.7. The second-order valence-corrected chi connectivity index (χ2v) is 10.8. The lowest BCUT2D eigenvalue weighted by atomic mass is 10.4. The molecule has 0 amide bonds. The minimum Gasteiger partial charge on any atom is -0.361 e. The second kappa shape index (κ2) is 6.51. The Bertz CT molecular complexity index is 380. The smallest absolute Gasteiger partial charge is 0.142 e. The quantitative estimate of drug-likeness (QED) is 0.324. The van der Waals surface area contributed by atoms with Gasteiger partial charge in [-0.15, -0.1) is 0 Å². The fourth-order valence-corrected chi connectivity index (χ4v) is 1.98. The number of carbonyl (C=O) groups is 1. The van der Waals surface area contributed by atoms with E-state index in [0.717, 1.165) is 18.6 Å². The first-order valence-corrected chi connectivity index (χ1v) is 9.43. The summed E-state index contributed by atoms with van der Waals surface area (Å²) in [4.78, 5) is 14.3. The minimum atomic E-state index is -1.01. The number of imidazole rings is 1. The van der Waals surface area contributed by atoms with E-state index in [1.807, 2.05) is 10.8 Å². The number of aldehydes is 1. The van der Waals surface area contributed by atoms with Crippen LogP contribution in [0.4, 0.5) is 0 Å². The van der Waals surface area contributed by atoms with Gasteiger partial charge >= 0.3 is 0 Å². The lowest BCUT2D eigenvalue weighted by Crippen LogP contribution is -2.21. The molecule has 94 valence electrons. The van der Waals surface area contributed by atoms with E-state index >= 15 is 0 Å². The molecule has 1 heterocycles. The number of carbonyl (C=O) groups excluding carboxylic acids is 1. The standard InChI is InChI=1S/C12H20N2O2Si/c1-17(2,3)8-7-16-11-14-9-12(13-10-14)5-4-6-15/h4-6,9-10H,7-8,11H2,1-3H3/b5-4+. The molecule has 0 spiro atoms. The molecule has 5 heteroatoms. The van der Waals surface area contributed by atoms with Gasteiger partial charge in [-0.2, -0.15) is 0 Å². The van der Waals surface area contributed by atoms with Gasteiger partial charge in [-0.1, -0.05) is 19.6 Å². The zero-order valence-electron chi connectivity index (χ0n) is 10.7. The average molecular weight is 252 g/mol. The van der Waals surface area contributed by atoms with Crippen LogP contribution >= 0.6 is 0 Å². The predicted molar refractivity (Wildman–Crippen MR) is 71.4 cm³/mol. The largest absolute Gasteiger partial charge is 0.361 e. The maximum Gasteiger partial charge on any atom is 0.142 e. The van der Waals surface area contributed by atoms with Crippen molar-refractivity contribution in [2.75, 3.05) is 6.61 Å². The highest BCUT2D eigenvalue weighted by Crippen LogP contribution is 2.08. The van der Waals surface area contributed by atoms with Gasteiger partial charge < -0.3 is 9.30 Å². The predicted octanol–water partition coefficient (Wildman–Crippen LogP) is 2.41. The normalized spacial score (nSPS) is 12.2. The summed E-state index contributed by atoms with van der Waals surface area (Å²) in [5.41, 5.74) is 0.769. The van der Waals surface area contributed by atoms with Gasteiger partial charge in [-0.25, -0.2) is 4.98 Å². The van der Waals surface area contributed by atoms with Crippen molar-refractivity contribution in [2.24, 2.45) is 0 Å². The van der Waals surface area contributed by atoms with Gasteiger partial charge in [-0.3, -0.25) is 4.79 Å². The number of nitrogens with zero attached hydrogens (tertiary/aromatic N) is 2. The van der Waals surface area contributed by atoms with Gasteiger partial charge in [0.2, 0.25) is 0 Å². The van der Waals surface area contributed by atoms with E-state index in [-0.39, 0.29) is 0 Å². The molecule has 0 unspecified atom stereocenters. The first-order chi connectivity index (χ1) is 8.01. The molecule has 0 atom stereocenters. The van der Waals surface area contributed by atoms with Crippen molar-refractivity contribution in [2.45, 2.75) is 32.4 Å². The maximum atomic E-state index is 10.1. The summed E-state index contributed by atoms with van der Waals surface area (Å²) in [6.45, 7) is 8.31. The summed E-state index contributed by atoms with van der Waals surface area (Å²) in [5, 5.41) is 0. The Balaban J connectivity index is 2.30. The number of allylic oxidation sites excluding steroid dienone is 1. The van der Waals surface area contributed by atoms with E-state index in [1.54, 1.807) is 12.4 Å². The Morgan fingerprint density at radius 3 is 2.88 bits per heavy atom. The van der Waals surface area contributed by atoms with E-state index in [9.17, 15) is 4.79 Å². The highest BCUT2D eigenvalue weighted by atomic mass is 28.3. The molecule has 0 N–H and O–H groups in total. The van der Waals surface area contributed by atoms with Gasteiger partial charge in [0.25, 0.3) is 0 Å². The van der Waals surface area contributed by atoms with Crippen LogP contribution in [0.25, 0.3) is 6.08 Å². The Kier molecular flexibility index (Phi) is 5.31. The Morgan fingerprint density at radius 2 is 2.24 bits per heavy atom. The van der Waals surface area contributed by atoms with E-state index in [2.05, 4.69) is 24.6 Å². The van der Waals surface area contributed by atoms with Crippen molar-refractivity contribution in [1.82, 2.24) is 9.55 Å². The molecule has 0 bridgehead atoms. The third-order valence-electron chi connectivity index (χ3n) is 2.24. The number of ether oxygens (including phenoxy) is 1. The average Bonchev–Trinajstić information content (AvgIpc) is 2.68. The SMILES string of the molecule is C[Si](C)(C)CCOCn1cnc(/C=C/C=O)c1. The molecule has 4 nitrogen and oxygen atoms in total. The molecular formula is C12H20N2O2Si. The van der Waals surface area contributed by atoms with Crippen LogP contribution in [-0.2, 0) is 16.3 Å². The summed E-state index contributed by atoms with van der Waals surface area (Å²) in [6, 6.07) is 1.17. The molecule has 17 heavy (non-hydrogen) atoms. The van der Waals surface area contributed by atoms with E-state index in [1.165, 1.54) is 12.1 Å². The van der Waals surface area contributed by atoms with Crippen LogP contribution in [0.3, 0.4) is 0 Å². The summed E-state index contributed by atoms with van der Waals surface area (Å²) in [5.74, 6) is 0. The van der Waals surface area contributed by atoms with Crippen molar-refractivity contribution in [3.63, 3.8) is 0 Å². The lowest BCUT2D eigenvalue weighted by molar-refractivity contribution is -0.104. The van der Waals surface area contributed by atoms with Gasteiger partial charge in [0, 0.05) is 20.9 Å². The fourth-order valence-electron chi connectivity index (χ4n) is 1.22. The minimum absolute atomic E-state index is 0.520. The highest BCUT2D eigenvalue weighted by Gasteiger charge is 2.11. The molecule has 0 fully saturated rings. The van der Waals surface area contributed by atoms with Crippen LogP contribution in [0.15, 0.2) is 18.6 Å².